The predicted octanol–water partition coefficient (Wildman–Crippen LogP) is 1.88. The Balaban J connectivity index is 1.63. The fourth-order valence-corrected chi connectivity index (χ4v) is 2.86. The first-order valence-electron chi connectivity index (χ1n) is 8.88. The molecule has 2 heterocycles. The van der Waals surface area contributed by atoms with Crippen LogP contribution in [0.2, 0.25) is 0 Å². The van der Waals surface area contributed by atoms with Crippen molar-refractivity contribution < 1.29 is 4.74 Å². The molecule has 0 amide bonds. The minimum absolute atomic E-state index is 0.626. The summed E-state index contributed by atoms with van der Waals surface area (Å²) in [5.74, 6) is 2.34. The van der Waals surface area contributed by atoms with E-state index >= 15 is 0 Å². The van der Waals surface area contributed by atoms with E-state index in [9.17, 15) is 0 Å². The molecule has 2 N–H and O–H groups in total. The lowest BCUT2D eigenvalue weighted by atomic mass is 9.99. The molecular weight excluding hydrogens is 302 g/mol. The number of rotatable bonds is 7. The van der Waals surface area contributed by atoms with Gasteiger partial charge in [-0.25, -0.2) is 4.98 Å². The molecule has 1 aromatic rings. The number of methoxy groups -OCH3 is 1. The number of pyridine rings is 1. The number of hydrogen-bond donors (Lipinski definition) is 2. The molecule has 0 aromatic carbocycles. The van der Waals surface area contributed by atoms with E-state index in [1.165, 1.54) is 25.9 Å². The summed E-state index contributed by atoms with van der Waals surface area (Å²) in [7, 11) is 3.42. The average Bonchev–Trinajstić information content (AvgIpc) is 2.63. The number of hydrogen-bond acceptors (Lipinski definition) is 4. The smallest absolute Gasteiger partial charge is 0.213 e. The van der Waals surface area contributed by atoms with Crippen LogP contribution < -0.4 is 15.4 Å². The second kappa shape index (κ2) is 10.1. The number of nitrogens with zero attached hydrogens (tertiary/aromatic N) is 3. The third-order valence-electron chi connectivity index (χ3n) is 4.47. The maximum atomic E-state index is 5.14. The van der Waals surface area contributed by atoms with Crippen LogP contribution in [0.3, 0.4) is 0 Å². The normalized spacial score (nSPS) is 16.9. The molecule has 1 saturated heterocycles. The van der Waals surface area contributed by atoms with Gasteiger partial charge in [-0.05, 0) is 50.9 Å². The van der Waals surface area contributed by atoms with E-state index in [4.69, 9.17) is 4.74 Å². The van der Waals surface area contributed by atoms with Crippen LogP contribution in [0.1, 0.15) is 31.9 Å². The Kier molecular flexibility index (Phi) is 7.82. The van der Waals surface area contributed by atoms with Gasteiger partial charge in [-0.2, -0.15) is 0 Å². The second-order valence-corrected chi connectivity index (χ2v) is 6.40. The fourth-order valence-electron chi connectivity index (χ4n) is 2.86. The first kappa shape index (κ1) is 18.5. The Labute approximate surface area is 145 Å². The Hall–Kier alpha value is -1.82. The third-order valence-corrected chi connectivity index (χ3v) is 4.47. The quantitative estimate of drug-likeness (QED) is 0.453. The molecule has 0 saturated carbocycles. The monoisotopic (exact) mass is 333 g/mol. The van der Waals surface area contributed by atoms with Gasteiger partial charge in [0.15, 0.2) is 5.96 Å². The zero-order chi connectivity index (χ0) is 17.2. The SMILES string of the molecule is CN=C(NCCCN1CCC(C)CC1)NCc1cccc(OC)n1. The van der Waals surface area contributed by atoms with Gasteiger partial charge in [0.2, 0.25) is 5.88 Å². The number of ether oxygens (including phenoxy) is 1. The largest absolute Gasteiger partial charge is 0.481 e. The first-order valence-corrected chi connectivity index (χ1v) is 8.88. The molecule has 1 aliphatic rings. The molecule has 6 nitrogen and oxygen atoms in total. The van der Waals surface area contributed by atoms with Gasteiger partial charge in [0.05, 0.1) is 19.3 Å². The van der Waals surface area contributed by atoms with Crippen molar-refractivity contribution in [3.8, 4) is 5.88 Å². The Morgan fingerprint density at radius 1 is 1.33 bits per heavy atom. The summed E-state index contributed by atoms with van der Waals surface area (Å²) in [6.45, 7) is 7.56. The summed E-state index contributed by atoms with van der Waals surface area (Å²) in [6.07, 6.45) is 3.81. The molecule has 24 heavy (non-hydrogen) atoms. The van der Waals surface area contributed by atoms with E-state index in [-0.39, 0.29) is 0 Å². The third kappa shape index (κ3) is 6.35. The maximum absolute atomic E-state index is 5.14. The molecule has 1 fully saturated rings. The maximum Gasteiger partial charge on any atom is 0.213 e. The summed E-state index contributed by atoms with van der Waals surface area (Å²) in [4.78, 5) is 11.2. The van der Waals surface area contributed by atoms with Gasteiger partial charge in [-0.3, -0.25) is 4.99 Å². The van der Waals surface area contributed by atoms with Gasteiger partial charge < -0.3 is 20.3 Å². The summed E-state index contributed by atoms with van der Waals surface area (Å²) >= 11 is 0. The van der Waals surface area contributed by atoms with Crippen LogP contribution in [0.25, 0.3) is 0 Å². The van der Waals surface area contributed by atoms with Gasteiger partial charge in [-0.15, -0.1) is 0 Å². The minimum Gasteiger partial charge on any atom is -0.481 e. The zero-order valence-corrected chi connectivity index (χ0v) is 15.2. The van der Waals surface area contributed by atoms with Crippen molar-refractivity contribution in [1.29, 1.82) is 0 Å². The molecule has 0 bridgehead atoms. The number of nitrogens with one attached hydrogen (secondary N) is 2. The molecule has 134 valence electrons. The van der Waals surface area contributed by atoms with E-state index in [2.05, 4.69) is 32.4 Å². The molecule has 6 heteroatoms. The molecule has 0 unspecified atom stereocenters. The highest BCUT2D eigenvalue weighted by molar-refractivity contribution is 5.79. The number of aromatic nitrogens is 1. The summed E-state index contributed by atoms with van der Waals surface area (Å²) in [5, 5.41) is 6.66. The highest BCUT2D eigenvalue weighted by Crippen LogP contribution is 2.15. The minimum atomic E-state index is 0.626. The fraction of sp³-hybridized carbons (Fsp3) is 0.667. The average molecular weight is 333 g/mol. The van der Waals surface area contributed by atoms with Crippen molar-refractivity contribution in [2.75, 3.05) is 40.3 Å². The summed E-state index contributed by atoms with van der Waals surface area (Å²) in [6, 6.07) is 5.76. The van der Waals surface area contributed by atoms with E-state index in [1.807, 2.05) is 18.2 Å². The van der Waals surface area contributed by atoms with Crippen LogP contribution in [0.5, 0.6) is 5.88 Å². The van der Waals surface area contributed by atoms with Crippen LogP contribution >= 0.6 is 0 Å². The molecule has 1 aromatic heterocycles. The molecule has 0 aliphatic carbocycles. The number of piperidine rings is 1. The van der Waals surface area contributed by atoms with Gasteiger partial charge in [0.1, 0.15) is 0 Å². The molecule has 2 rings (SSSR count). The number of aliphatic imine (C=N–C) groups is 1. The van der Waals surface area contributed by atoms with Gasteiger partial charge >= 0.3 is 0 Å². The first-order chi connectivity index (χ1) is 11.7. The van der Waals surface area contributed by atoms with Gasteiger partial charge in [0.25, 0.3) is 0 Å². The van der Waals surface area contributed by atoms with Gasteiger partial charge in [0, 0.05) is 19.7 Å². The number of likely N-dealkylation sites (tertiary alicyclic amines) is 1. The highest BCUT2D eigenvalue weighted by Gasteiger charge is 2.14. The summed E-state index contributed by atoms with van der Waals surface area (Å²) < 4.78 is 5.14. The summed E-state index contributed by atoms with van der Waals surface area (Å²) in [5.41, 5.74) is 0.930. The molecule has 1 aliphatic heterocycles. The predicted molar refractivity (Wildman–Crippen MR) is 98.4 cm³/mol. The van der Waals surface area contributed by atoms with Crippen LogP contribution in [-0.4, -0.2) is 56.2 Å². The molecule has 0 radical (unpaired) electrons. The lowest BCUT2D eigenvalue weighted by Crippen LogP contribution is -2.39. The van der Waals surface area contributed by atoms with Crippen molar-refractivity contribution in [2.45, 2.75) is 32.7 Å². The van der Waals surface area contributed by atoms with E-state index in [0.717, 1.165) is 37.1 Å². The standard InChI is InChI=1S/C18H31N5O/c1-15-8-12-23(13-9-15)11-5-10-20-18(19-2)21-14-16-6-4-7-17(22-16)24-3/h4,6-7,15H,5,8-14H2,1-3H3,(H2,19,20,21). The lowest BCUT2D eigenvalue weighted by Gasteiger charge is -2.30. The van der Waals surface area contributed by atoms with Crippen molar-refractivity contribution in [3.63, 3.8) is 0 Å². The molecule has 0 atom stereocenters. The Bertz CT molecular complexity index is 512. The Morgan fingerprint density at radius 2 is 2.12 bits per heavy atom. The van der Waals surface area contributed by atoms with Crippen LogP contribution in [0.4, 0.5) is 0 Å². The van der Waals surface area contributed by atoms with Crippen molar-refractivity contribution in [2.24, 2.45) is 10.9 Å². The van der Waals surface area contributed by atoms with E-state index in [0.29, 0.717) is 12.4 Å². The van der Waals surface area contributed by atoms with Crippen LogP contribution in [0.15, 0.2) is 23.2 Å². The molecular formula is C18H31N5O. The zero-order valence-electron chi connectivity index (χ0n) is 15.2. The Morgan fingerprint density at radius 3 is 2.83 bits per heavy atom. The van der Waals surface area contributed by atoms with Crippen molar-refractivity contribution >= 4 is 5.96 Å². The lowest BCUT2D eigenvalue weighted by molar-refractivity contribution is 0.191. The van der Waals surface area contributed by atoms with Gasteiger partial charge in [-0.1, -0.05) is 13.0 Å². The topological polar surface area (TPSA) is 61.8 Å². The second-order valence-electron chi connectivity index (χ2n) is 6.40. The van der Waals surface area contributed by atoms with Crippen molar-refractivity contribution in [3.05, 3.63) is 23.9 Å². The number of guanidine groups is 1. The van der Waals surface area contributed by atoms with Crippen LogP contribution in [0, 0.1) is 5.92 Å². The van der Waals surface area contributed by atoms with E-state index in [1.54, 1.807) is 14.2 Å². The van der Waals surface area contributed by atoms with Crippen molar-refractivity contribution in [1.82, 2.24) is 20.5 Å². The van der Waals surface area contributed by atoms with E-state index < -0.39 is 0 Å². The molecule has 0 spiro atoms. The van der Waals surface area contributed by atoms with Crippen LogP contribution in [-0.2, 0) is 6.54 Å². The highest BCUT2D eigenvalue weighted by atomic mass is 16.5.